The number of alkyl halides is 2. The Bertz CT molecular complexity index is 490. The molecular weight excluding hydrogens is 232 g/mol. The quantitative estimate of drug-likeness (QED) is 0.758. The van der Waals surface area contributed by atoms with Gasteiger partial charge in [-0.15, -0.1) is 0 Å². The summed E-state index contributed by atoms with van der Waals surface area (Å²) in [6.07, 6.45) is 0.0528. The zero-order chi connectivity index (χ0) is 14.0. The van der Waals surface area contributed by atoms with Crippen molar-refractivity contribution in [1.82, 2.24) is 0 Å². The van der Waals surface area contributed by atoms with Crippen molar-refractivity contribution in [1.29, 1.82) is 5.26 Å². The molecular formula is C15H17F2N. The zero-order valence-electron chi connectivity index (χ0n) is 10.9. The average Bonchev–Trinajstić information content (AvgIpc) is 2.28. The highest BCUT2D eigenvalue weighted by Crippen LogP contribution is 2.46. The number of nitriles is 1. The van der Waals surface area contributed by atoms with Crippen molar-refractivity contribution in [2.75, 3.05) is 0 Å². The number of rotatable bonds is 3. The minimum atomic E-state index is -2.97. The van der Waals surface area contributed by atoms with Crippen molar-refractivity contribution >= 4 is 5.57 Å². The number of halogens is 2. The number of nitrogens with zero attached hydrogens (tertiary/aromatic N) is 1. The van der Waals surface area contributed by atoms with E-state index in [2.05, 4.69) is 6.58 Å². The van der Waals surface area contributed by atoms with Gasteiger partial charge >= 0.3 is 0 Å². The molecule has 0 amide bonds. The van der Waals surface area contributed by atoms with Crippen molar-refractivity contribution in [3.05, 3.63) is 42.0 Å². The molecule has 0 saturated carbocycles. The predicted octanol–water partition coefficient (Wildman–Crippen LogP) is 4.75. The third-order valence-corrected chi connectivity index (χ3v) is 2.88. The second-order valence-electron chi connectivity index (χ2n) is 5.31. The van der Waals surface area contributed by atoms with Crippen LogP contribution in [-0.2, 0) is 5.92 Å². The third-order valence-electron chi connectivity index (χ3n) is 2.88. The number of benzene rings is 1. The molecule has 0 unspecified atom stereocenters. The monoisotopic (exact) mass is 249 g/mol. The van der Waals surface area contributed by atoms with Crippen LogP contribution in [0, 0.1) is 16.7 Å². The molecule has 3 heteroatoms. The molecule has 0 aliphatic carbocycles. The van der Waals surface area contributed by atoms with E-state index in [-0.39, 0.29) is 12.0 Å². The molecule has 0 saturated heterocycles. The molecule has 0 bridgehead atoms. The number of allylic oxidation sites excluding steroid dienone is 1. The number of hydrogen-bond donors (Lipinski definition) is 0. The van der Waals surface area contributed by atoms with Gasteiger partial charge in [0.25, 0.3) is 5.92 Å². The summed E-state index contributed by atoms with van der Waals surface area (Å²) >= 11 is 0. The summed E-state index contributed by atoms with van der Waals surface area (Å²) < 4.78 is 28.8. The highest BCUT2D eigenvalue weighted by molar-refractivity contribution is 5.68. The first kappa shape index (κ1) is 14.4. The summed E-state index contributed by atoms with van der Waals surface area (Å²) in [4.78, 5) is 0. The van der Waals surface area contributed by atoms with E-state index in [0.29, 0.717) is 11.1 Å². The van der Waals surface area contributed by atoms with Gasteiger partial charge < -0.3 is 0 Å². The fourth-order valence-corrected chi connectivity index (χ4v) is 1.66. The Hall–Kier alpha value is -1.69. The highest BCUT2D eigenvalue weighted by atomic mass is 19.3. The Labute approximate surface area is 107 Å². The van der Waals surface area contributed by atoms with Gasteiger partial charge in [0.2, 0.25) is 0 Å². The Balaban J connectivity index is 3.35. The lowest BCUT2D eigenvalue weighted by molar-refractivity contribution is -0.104. The molecule has 1 aromatic rings. The molecule has 1 rings (SSSR count). The van der Waals surface area contributed by atoms with Gasteiger partial charge in [-0.1, -0.05) is 51.6 Å². The van der Waals surface area contributed by atoms with Gasteiger partial charge in [0.15, 0.2) is 0 Å². The van der Waals surface area contributed by atoms with Crippen LogP contribution in [0.25, 0.3) is 5.57 Å². The summed E-state index contributed by atoms with van der Waals surface area (Å²) in [5, 5.41) is 8.65. The minimum absolute atomic E-state index is 0.0528. The van der Waals surface area contributed by atoms with Gasteiger partial charge in [-0.25, -0.2) is 8.78 Å². The lowest BCUT2D eigenvalue weighted by atomic mass is 9.80. The van der Waals surface area contributed by atoms with Gasteiger partial charge in [0, 0.05) is 11.0 Å². The molecule has 0 radical (unpaired) electrons. The molecule has 0 aliphatic rings. The fourth-order valence-electron chi connectivity index (χ4n) is 1.66. The summed E-state index contributed by atoms with van der Waals surface area (Å²) in [5.74, 6) is -2.97. The Morgan fingerprint density at radius 1 is 1.28 bits per heavy atom. The van der Waals surface area contributed by atoms with Crippen LogP contribution < -0.4 is 0 Å². The van der Waals surface area contributed by atoms with Crippen LogP contribution in [0.1, 0.15) is 38.3 Å². The lowest BCUT2D eigenvalue weighted by Gasteiger charge is -2.32. The van der Waals surface area contributed by atoms with Crippen LogP contribution in [0.4, 0.5) is 8.78 Å². The second kappa shape index (κ2) is 4.89. The topological polar surface area (TPSA) is 23.8 Å². The van der Waals surface area contributed by atoms with E-state index in [0.717, 1.165) is 0 Å². The van der Waals surface area contributed by atoms with E-state index < -0.39 is 11.3 Å². The van der Waals surface area contributed by atoms with Gasteiger partial charge in [0.05, 0.1) is 12.5 Å². The first-order valence-electron chi connectivity index (χ1n) is 5.74. The van der Waals surface area contributed by atoms with E-state index in [1.165, 1.54) is 26.8 Å². The summed E-state index contributed by atoms with van der Waals surface area (Å²) in [7, 11) is 0. The molecule has 0 atom stereocenters. The molecule has 0 fully saturated rings. The van der Waals surface area contributed by atoms with Crippen molar-refractivity contribution < 1.29 is 8.78 Å². The average molecular weight is 249 g/mol. The van der Waals surface area contributed by atoms with E-state index in [9.17, 15) is 8.78 Å². The first-order valence-corrected chi connectivity index (χ1v) is 5.74. The van der Waals surface area contributed by atoms with E-state index in [4.69, 9.17) is 5.26 Å². The van der Waals surface area contributed by atoms with Gasteiger partial charge in [0.1, 0.15) is 0 Å². The summed E-state index contributed by atoms with van der Waals surface area (Å²) in [6, 6.07) is 8.20. The maximum Gasteiger partial charge on any atom is 0.278 e. The van der Waals surface area contributed by atoms with Gasteiger partial charge in [-0.3, -0.25) is 0 Å². The van der Waals surface area contributed by atoms with Crippen molar-refractivity contribution in [3.63, 3.8) is 0 Å². The van der Waals surface area contributed by atoms with Gasteiger partial charge in [-0.2, -0.15) is 5.26 Å². The van der Waals surface area contributed by atoms with Crippen LogP contribution >= 0.6 is 0 Å². The van der Waals surface area contributed by atoms with Crippen LogP contribution in [-0.4, -0.2) is 0 Å². The summed E-state index contributed by atoms with van der Waals surface area (Å²) in [5.41, 5.74) is -0.440. The van der Waals surface area contributed by atoms with Crippen LogP contribution in [0.5, 0.6) is 0 Å². The lowest BCUT2D eigenvalue weighted by Crippen LogP contribution is -2.32. The van der Waals surface area contributed by atoms with Crippen LogP contribution in [0.2, 0.25) is 0 Å². The molecule has 1 nitrogen and oxygen atoms in total. The maximum absolute atomic E-state index is 14.4. The fraction of sp³-hybridized carbons (Fsp3) is 0.400. The maximum atomic E-state index is 14.4. The zero-order valence-corrected chi connectivity index (χ0v) is 10.9. The predicted molar refractivity (Wildman–Crippen MR) is 69.1 cm³/mol. The van der Waals surface area contributed by atoms with Crippen LogP contribution in [0.15, 0.2) is 30.8 Å². The molecule has 0 spiro atoms. The Morgan fingerprint density at radius 3 is 2.33 bits per heavy atom. The van der Waals surface area contributed by atoms with Crippen molar-refractivity contribution in [2.45, 2.75) is 33.1 Å². The molecule has 0 heterocycles. The van der Waals surface area contributed by atoms with Crippen LogP contribution in [0.3, 0.4) is 0 Å². The van der Waals surface area contributed by atoms with E-state index in [1.807, 2.05) is 6.07 Å². The standard InChI is InChI=1S/C15H17F2N/c1-11(9-10-18)12-7-5-6-8-13(12)15(16,17)14(2,3)4/h5-8H,1,9H2,2-4H3. The molecule has 96 valence electrons. The van der Waals surface area contributed by atoms with E-state index in [1.54, 1.807) is 18.2 Å². The van der Waals surface area contributed by atoms with E-state index >= 15 is 0 Å². The van der Waals surface area contributed by atoms with Crippen molar-refractivity contribution in [2.24, 2.45) is 5.41 Å². The highest BCUT2D eigenvalue weighted by Gasteiger charge is 2.45. The Kier molecular flexibility index (Phi) is 3.91. The SMILES string of the molecule is C=C(CC#N)c1ccccc1C(F)(F)C(C)(C)C. The molecule has 0 aliphatic heterocycles. The second-order valence-corrected chi connectivity index (χ2v) is 5.31. The molecule has 18 heavy (non-hydrogen) atoms. The summed E-state index contributed by atoms with van der Waals surface area (Å²) in [6.45, 7) is 8.21. The minimum Gasteiger partial charge on any atom is -0.201 e. The largest absolute Gasteiger partial charge is 0.278 e. The smallest absolute Gasteiger partial charge is 0.201 e. The van der Waals surface area contributed by atoms with Crippen molar-refractivity contribution in [3.8, 4) is 6.07 Å². The molecule has 1 aromatic carbocycles. The molecule has 0 N–H and O–H groups in total. The first-order chi connectivity index (χ1) is 8.21. The number of hydrogen-bond acceptors (Lipinski definition) is 1. The normalized spacial score (nSPS) is 12.0. The Morgan fingerprint density at radius 2 is 1.83 bits per heavy atom. The molecule has 0 aromatic heterocycles. The van der Waals surface area contributed by atoms with Gasteiger partial charge in [-0.05, 0) is 11.1 Å². The third kappa shape index (κ3) is 2.59.